The Morgan fingerprint density at radius 1 is 1.16 bits per heavy atom. The van der Waals surface area contributed by atoms with Crippen molar-refractivity contribution in [1.29, 1.82) is 0 Å². The molecule has 25 heavy (non-hydrogen) atoms. The molecule has 1 N–H and O–H groups in total. The molecule has 4 nitrogen and oxygen atoms in total. The van der Waals surface area contributed by atoms with E-state index < -0.39 is 0 Å². The van der Waals surface area contributed by atoms with Crippen molar-refractivity contribution < 1.29 is 4.79 Å². The quantitative estimate of drug-likeness (QED) is 0.907. The van der Waals surface area contributed by atoms with Crippen molar-refractivity contribution in [3.05, 3.63) is 63.7 Å². The minimum absolute atomic E-state index is 0.0628. The smallest absolute Gasteiger partial charge is 0.256 e. The lowest BCUT2D eigenvalue weighted by Gasteiger charge is -2.16. The van der Waals surface area contributed by atoms with Gasteiger partial charge in [0.2, 0.25) is 0 Å². The first-order valence-corrected chi connectivity index (χ1v) is 8.74. The molecule has 2 aromatic rings. The molecule has 0 unspecified atom stereocenters. The number of amides is 1. The van der Waals surface area contributed by atoms with E-state index in [1.807, 2.05) is 0 Å². The van der Waals surface area contributed by atoms with Crippen molar-refractivity contribution >= 4 is 29.0 Å². The number of carbonyl (C=O) groups excluding carboxylic acids is 1. The number of halogens is 1. The second-order valence-corrected chi connectivity index (χ2v) is 6.91. The van der Waals surface area contributed by atoms with Gasteiger partial charge in [0, 0.05) is 18.6 Å². The SMILES string of the molecule is Cc1ccc(CCNC2=Nc3ccc(Cl)cc3C(=O)N(C)C2)cc1C. The van der Waals surface area contributed by atoms with Gasteiger partial charge in [0.05, 0.1) is 17.8 Å². The van der Waals surface area contributed by atoms with Crippen LogP contribution in [0.2, 0.25) is 5.02 Å². The molecule has 2 aromatic carbocycles. The topological polar surface area (TPSA) is 44.7 Å². The van der Waals surface area contributed by atoms with Gasteiger partial charge in [-0.3, -0.25) is 4.79 Å². The van der Waals surface area contributed by atoms with E-state index in [2.05, 4.69) is 42.4 Å². The predicted octanol–water partition coefficient (Wildman–Crippen LogP) is 3.90. The highest BCUT2D eigenvalue weighted by molar-refractivity contribution is 6.31. The van der Waals surface area contributed by atoms with E-state index >= 15 is 0 Å². The Kier molecular flexibility index (Phi) is 5.09. The van der Waals surface area contributed by atoms with Crippen LogP contribution in [0, 0.1) is 13.8 Å². The first-order valence-electron chi connectivity index (χ1n) is 8.36. The molecule has 0 radical (unpaired) electrons. The molecule has 3 rings (SSSR count). The Hall–Kier alpha value is -2.33. The summed E-state index contributed by atoms with van der Waals surface area (Å²) in [5, 5.41) is 3.92. The Bertz CT molecular complexity index is 845. The zero-order valence-electron chi connectivity index (χ0n) is 14.8. The summed E-state index contributed by atoms with van der Waals surface area (Å²) >= 11 is 6.02. The van der Waals surface area contributed by atoms with Crippen molar-refractivity contribution in [2.45, 2.75) is 20.3 Å². The van der Waals surface area contributed by atoms with Crippen LogP contribution in [0.25, 0.3) is 0 Å². The fourth-order valence-corrected chi connectivity index (χ4v) is 3.04. The standard InChI is InChI=1S/C20H22ClN3O/c1-13-4-5-15(10-14(13)2)8-9-22-19-12-24(3)20(25)17-11-16(21)6-7-18(17)23-19/h4-7,10-11H,8-9,12H2,1-3H3,(H,22,23). The summed E-state index contributed by atoms with van der Waals surface area (Å²) in [6, 6.07) is 11.8. The molecule has 0 saturated heterocycles. The van der Waals surface area contributed by atoms with E-state index in [0.717, 1.165) is 18.8 Å². The van der Waals surface area contributed by atoms with E-state index in [0.29, 0.717) is 22.8 Å². The summed E-state index contributed by atoms with van der Waals surface area (Å²) in [7, 11) is 1.78. The molecule has 0 aliphatic carbocycles. The van der Waals surface area contributed by atoms with Gasteiger partial charge in [0.1, 0.15) is 5.84 Å². The molecule has 1 heterocycles. The van der Waals surface area contributed by atoms with Crippen LogP contribution in [-0.4, -0.2) is 36.8 Å². The maximum absolute atomic E-state index is 12.5. The molecule has 0 atom stereocenters. The second-order valence-electron chi connectivity index (χ2n) is 6.48. The van der Waals surface area contributed by atoms with E-state index in [4.69, 9.17) is 11.6 Å². The Balaban J connectivity index is 1.72. The summed E-state index contributed by atoms with van der Waals surface area (Å²) < 4.78 is 0. The second kappa shape index (κ2) is 7.28. The van der Waals surface area contributed by atoms with Gasteiger partial charge < -0.3 is 10.2 Å². The van der Waals surface area contributed by atoms with E-state index in [1.165, 1.54) is 16.7 Å². The molecule has 0 spiro atoms. The molecule has 1 aliphatic rings. The number of amidine groups is 1. The molecular formula is C20H22ClN3O. The average Bonchev–Trinajstić information content (AvgIpc) is 2.69. The number of nitrogens with one attached hydrogen (secondary N) is 1. The lowest BCUT2D eigenvalue weighted by molar-refractivity contribution is 0.0816. The molecule has 1 amide bonds. The number of aryl methyl sites for hydroxylation is 2. The molecule has 0 bridgehead atoms. The lowest BCUT2D eigenvalue weighted by Crippen LogP contribution is -2.37. The first-order chi connectivity index (χ1) is 11.9. The van der Waals surface area contributed by atoms with Gasteiger partial charge in [-0.1, -0.05) is 29.8 Å². The van der Waals surface area contributed by atoms with Crippen molar-refractivity contribution in [2.24, 2.45) is 4.99 Å². The maximum Gasteiger partial charge on any atom is 0.256 e. The number of aliphatic imine (C=N–C) groups is 1. The van der Waals surface area contributed by atoms with Crippen LogP contribution in [-0.2, 0) is 6.42 Å². The summed E-state index contributed by atoms with van der Waals surface area (Å²) in [4.78, 5) is 18.8. The average molecular weight is 356 g/mol. The number of benzene rings is 2. The highest BCUT2D eigenvalue weighted by atomic mass is 35.5. The third kappa shape index (κ3) is 4.02. The van der Waals surface area contributed by atoms with Gasteiger partial charge >= 0.3 is 0 Å². The highest BCUT2D eigenvalue weighted by Gasteiger charge is 2.21. The molecule has 130 valence electrons. The fourth-order valence-electron chi connectivity index (χ4n) is 2.87. The lowest BCUT2D eigenvalue weighted by atomic mass is 10.0. The van der Waals surface area contributed by atoms with Gasteiger partial charge in [0.25, 0.3) is 5.91 Å². The summed E-state index contributed by atoms with van der Waals surface area (Å²) in [6.45, 7) is 5.47. The highest BCUT2D eigenvalue weighted by Crippen LogP contribution is 2.26. The van der Waals surface area contributed by atoms with E-state index in [9.17, 15) is 4.79 Å². The van der Waals surface area contributed by atoms with E-state index in [-0.39, 0.29) is 5.91 Å². The van der Waals surface area contributed by atoms with E-state index in [1.54, 1.807) is 30.1 Å². The molecule has 1 aliphatic heterocycles. The third-order valence-corrected chi connectivity index (χ3v) is 4.73. The third-order valence-electron chi connectivity index (χ3n) is 4.49. The predicted molar refractivity (Wildman–Crippen MR) is 103 cm³/mol. The number of hydrogen-bond donors (Lipinski definition) is 1. The minimum atomic E-state index is -0.0628. The van der Waals surface area contributed by atoms with Gasteiger partial charge in [-0.05, 0) is 55.2 Å². The van der Waals surface area contributed by atoms with Gasteiger partial charge in [-0.25, -0.2) is 4.99 Å². The van der Waals surface area contributed by atoms with Crippen LogP contribution in [0.3, 0.4) is 0 Å². The number of fused-ring (bicyclic) bond motifs is 1. The minimum Gasteiger partial charge on any atom is -0.372 e. The molecular weight excluding hydrogens is 334 g/mol. The van der Waals surface area contributed by atoms with Crippen molar-refractivity contribution in [3.8, 4) is 0 Å². The Labute approximate surface area is 153 Å². The maximum atomic E-state index is 12.5. The number of nitrogens with zero attached hydrogens (tertiary/aromatic N) is 2. The number of rotatable bonds is 3. The normalized spacial score (nSPS) is 14.0. The van der Waals surface area contributed by atoms with Crippen LogP contribution in [0.5, 0.6) is 0 Å². The van der Waals surface area contributed by atoms with Gasteiger partial charge in [0.15, 0.2) is 0 Å². The largest absolute Gasteiger partial charge is 0.372 e. The molecule has 5 heteroatoms. The van der Waals surface area contributed by atoms with Crippen LogP contribution >= 0.6 is 11.6 Å². The zero-order chi connectivity index (χ0) is 18.0. The van der Waals surface area contributed by atoms with Crippen molar-refractivity contribution in [1.82, 2.24) is 10.2 Å². The molecule has 0 aromatic heterocycles. The van der Waals surface area contributed by atoms with Gasteiger partial charge in [-0.15, -0.1) is 0 Å². The van der Waals surface area contributed by atoms with Gasteiger partial charge in [-0.2, -0.15) is 0 Å². The summed E-state index contributed by atoms with van der Waals surface area (Å²) in [5.74, 6) is 0.730. The monoisotopic (exact) mass is 355 g/mol. The molecule has 0 fully saturated rings. The Morgan fingerprint density at radius 2 is 1.96 bits per heavy atom. The van der Waals surface area contributed by atoms with Crippen molar-refractivity contribution in [2.75, 3.05) is 20.1 Å². The van der Waals surface area contributed by atoms with Crippen LogP contribution in [0.4, 0.5) is 5.69 Å². The molecule has 0 saturated carbocycles. The van der Waals surface area contributed by atoms with Crippen LogP contribution in [0.15, 0.2) is 41.4 Å². The number of carbonyl (C=O) groups is 1. The van der Waals surface area contributed by atoms with Crippen LogP contribution < -0.4 is 5.32 Å². The fraction of sp³-hybridized carbons (Fsp3) is 0.300. The summed E-state index contributed by atoms with van der Waals surface area (Å²) in [5.41, 5.74) is 5.11. The van der Waals surface area contributed by atoms with Crippen molar-refractivity contribution in [3.63, 3.8) is 0 Å². The summed E-state index contributed by atoms with van der Waals surface area (Å²) in [6.07, 6.45) is 0.908. The number of likely N-dealkylation sites (N-methyl/N-ethyl adjacent to an activating group) is 1. The zero-order valence-corrected chi connectivity index (χ0v) is 15.5. The first kappa shape index (κ1) is 17.5. The van der Waals surface area contributed by atoms with Crippen LogP contribution in [0.1, 0.15) is 27.0 Å². The Morgan fingerprint density at radius 3 is 2.72 bits per heavy atom. The number of hydrogen-bond acceptors (Lipinski definition) is 3.